The number of anilines is 1. The second-order valence-corrected chi connectivity index (χ2v) is 6.49. The first kappa shape index (κ1) is 17.4. The quantitative estimate of drug-likeness (QED) is 0.729. The summed E-state index contributed by atoms with van der Waals surface area (Å²) in [5, 5.41) is 8.55. The summed E-state index contributed by atoms with van der Waals surface area (Å²) >= 11 is 0. The molecule has 2 aromatic rings. The Balaban J connectivity index is 1.99. The number of ether oxygens (including phenoxy) is 1. The van der Waals surface area contributed by atoms with Crippen molar-refractivity contribution in [1.82, 2.24) is 15.0 Å². The highest BCUT2D eigenvalue weighted by atomic mass is 16.5. The number of nitrogens with two attached hydrogens (primary N) is 2. The average molecular weight is 317 g/mol. The Bertz CT molecular complexity index is 606. The fourth-order valence-corrected chi connectivity index (χ4v) is 2.29. The molecular weight excluding hydrogens is 290 g/mol. The van der Waals surface area contributed by atoms with E-state index in [1.807, 2.05) is 35.1 Å². The predicted octanol–water partition coefficient (Wildman–Crippen LogP) is 2.41. The fraction of sp³-hybridized carbons (Fsp3) is 0.529. The summed E-state index contributed by atoms with van der Waals surface area (Å²) in [5.41, 5.74) is 13.7. The van der Waals surface area contributed by atoms with Crippen molar-refractivity contribution < 1.29 is 4.74 Å². The zero-order valence-electron chi connectivity index (χ0n) is 14.2. The van der Waals surface area contributed by atoms with E-state index in [4.69, 9.17) is 16.2 Å². The van der Waals surface area contributed by atoms with Crippen LogP contribution in [0.4, 0.5) is 5.69 Å². The third kappa shape index (κ3) is 4.77. The Morgan fingerprint density at radius 2 is 1.96 bits per heavy atom. The van der Waals surface area contributed by atoms with E-state index in [1.54, 1.807) is 0 Å². The van der Waals surface area contributed by atoms with Crippen molar-refractivity contribution in [1.29, 1.82) is 0 Å². The maximum absolute atomic E-state index is 5.79. The Kier molecular flexibility index (Phi) is 5.74. The molecule has 4 N–H and O–H groups in total. The van der Waals surface area contributed by atoms with Gasteiger partial charge in [-0.05, 0) is 52.3 Å². The van der Waals surface area contributed by atoms with E-state index in [9.17, 15) is 0 Å². The van der Waals surface area contributed by atoms with Crippen LogP contribution >= 0.6 is 0 Å². The smallest absolute Gasteiger partial charge is 0.113 e. The molecule has 1 atom stereocenters. The van der Waals surface area contributed by atoms with Gasteiger partial charge in [-0.15, -0.1) is 5.10 Å². The van der Waals surface area contributed by atoms with Gasteiger partial charge in [0.25, 0.3) is 0 Å². The molecule has 0 radical (unpaired) electrons. The molecular formula is C17H27N5O. The third-order valence-corrected chi connectivity index (χ3v) is 4.01. The Morgan fingerprint density at radius 1 is 1.26 bits per heavy atom. The van der Waals surface area contributed by atoms with Crippen LogP contribution in [-0.2, 0) is 10.3 Å². The first-order valence-electron chi connectivity index (χ1n) is 8.03. The average Bonchev–Trinajstić information content (AvgIpc) is 2.99. The van der Waals surface area contributed by atoms with Gasteiger partial charge in [0.15, 0.2) is 0 Å². The van der Waals surface area contributed by atoms with Crippen molar-refractivity contribution in [3.05, 3.63) is 30.5 Å². The molecule has 0 aliphatic heterocycles. The predicted molar refractivity (Wildman–Crippen MR) is 92.9 cm³/mol. The van der Waals surface area contributed by atoms with E-state index < -0.39 is 0 Å². The molecule has 1 aromatic carbocycles. The summed E-state index contributed by atoms with van der Waals surface area (Å²) in [4.78, 5) is 0. The van der Waals surface area contributed by atoms with Gasteiger partial charge in [-0.2, -0.15) is 0 Å². The lowest BCUT2D eigenvalue weighted by molar-refractivity contribution is 0.0427. The monoisotopic (exact) mass is 317 g/mol. The SMILES string of the molecule is CC(CCN)OCCC(C)(C)n1cc(-c2ccc(N)cc2)nn1. The van der Waals surface area contributed by atoms with Crippen molar-refractivity contribution >= 4 is 5.69 Å². The van der Waals surface area contributed by atoms with E-state index in [2.05, 4.69) is 31.1 Å². The largest absolute Gasteiger partial charge is 0.399 e. The molecule has 0 saturated carbocycles. The number of hydrogen-bond acceptors (Lipinski definition) is 5. The van der Waals surface area contributed by atoms with Crippen LogP contribution in [0.1, 0.15) is 33.6 Å². The molecule has 0 spiro atoms. The fourth-order valence-electron chi connectivity index (χ4n) is 2.29. The van der Waals surface area contributed by atoms with Gasteiger partial charge in [0.05, 0.1) is 17.8 Å². The molecule has 0 fully saturated rings. The summed E-state index contributed by atoms with van der Waals surface area (Å²) < 4.78 is 7.69. The van der Waals surface area contributed by atoms with Crippen molar-refractivity contribution in [2.24, 2.45) is 5.73 Å². The van der Waals surface area contributed by atoms with E-state index in [1.165, 1.54) is 0 Å². The van der Waals surface area contributed by atoms with Crippen LogP contribution in [0, 0.1) is 0 Å². The van der Waals surface area contributed by atoms with E-state index in [0.29, 0.717) is 13.2 Å². The molecule has 0 aliphatic rings. The van der Waals surface area contributed by atoms with Gasteiger partial charge in [0.1, 0.15) is 5.69 Å². The summed E-state index contributed by atoms with van der Waals surface area (Å²) in [6.45, 7) is 7.63. The lowest BCUT2D eigenvalue weighted by Gasteiger charge is -2.25. The molecule has 1 aromatic heterocycles. The highest BCUT2D eigenvalue weighted by Gasteiger charge is 2.22. The van der Waals surface area contributed by atoms with Crippen molar-refractivity contribution in [3.8, 4) is 11.3 Å². The molecule has 23 heavy (non-hydrogen) atoms. The molecule has 0 saturated heterocycles. The molecule has 0 aliphatic carbocycles. The molecule has 1 heterocycles. The maximum Gasteiger partial charge on any atom is 0.113 e. The number of nitrogen functional groups attached to an aromatic ring is 1. The van der Waals surface area contributed by atoms with E-state index >= 15 is 0 Å². The van der Waals surface area contributed by atoms with Crippen LogP contribution in [0.15, 0.2) is 30.5 Å². The Morgan fingerprint density at radius 3 is 2.61 bits per heavy atom. The van der Waals surface area contributed by atoms with Crippen LogP contribution in [0.2, 0.25) is 0 Å². The highest BCUT2D eigenvalue weighted by molar-refractivity contribution is 5.60. The number of aromatic nitrogens is 3. The molecule has 0 bridgehead atoms. The second kappa shape index (κ2) is 7.57. The first-order chi connectivity index (χ1) is 10.9. The van der Waals surface area contributed by atoms with Crippen LogP contribution in [0.25, 0.3) is 11.3 Å². The number of nitrogens with zero attached hydrogens (tertiary/aromatic N) is 3. The molecule has 2 rings (SSSR count). The molecule has 6 heteroatoms. The van der Waals surface area contributed by atoms with Gasteiger partial charge in [0.2, 0.25) is 0 Å². The van der Waals surface area contributed by atoms with Gasteiger partial charge in [-0.25, -0.2) is 4.68 Å². The minimum absolute atomic E-state index is 0.165. The van der Waals surface area contributed by atoms with E-state index in [0.717, 1.165) is 29.8 Å². The van der Waals surface area contributed by atoms with Gasteiger partial charge >= 0.3 is 0 Å². The van der Waals surface area contributed by atoms with Crippen molar-refractivity contribution in [2.75, 3.05) is 18.9 Å². The Hall–Kier alpha value is -1.92. The van der Waals surface area contributed by atoms with Gasteiger partial charge < -0.3 is 16.2 Å². The number of rotatable bonds is 8. The van der Waals surface area contributed by atoms with Crippen LogP contribution < -0.4 is 11.5 Å². The summed E-state index contributed by atoms with van der Waals surface area (Å²) in [7, 11) is 0. The summed E-state index contributed by atoms with van der Waals surface area (Å²) in [5.74, 6) is 0. The Labute approximate surface area is 137 Å². The third-order valence-electron chi connectivity index (χ3n) is 4.01. The van der Waals surface area contributed by atoms with E-state index in [-0.39, 0.29) is 11.6 Å². The summed E-state index contributed by atoms with van der Waals surface area (Å²) in [6, 6.07) is 7.64. The number of hydrogen-bond donors (Lipinski definition) is 2. The van der Waals surface area contributed by atoms with Gasteiger partial charge in [-0.3, -0.25) is 0 Å². The van der Waals surface area contributed by atoms with Gasteiger partial charge in [0, 0.05) is 17.9 Å². The maximum atomic E-state index is 5.79. The lowest BCUT2D eigenvalue weighted by atomic mass is 10.0. The second-order valence-electron chi connectivity index (χ2n) is 6.49. The standard InChI is InChI=1S/C17H27N5O/c1-13(8-10-18)23-11-9-17(2,3)22-12-16(20-21-22)14-4-6-15(19)7-5-14/h4-7,12-13H,8-11,18-19H2,1-3H3. The molecule has 1 unspecified atom stereocenters. The minimum atomic E-state index is -0.165. The van der Waals surface area contributed by atoms with Crippen LogP contribution in [-0.4, -0.2) is 34.2 Å². The minimum Gasteiger partial charge on any atom is -0.399 e. The first-order valence-corrected chi connectivity index (χ1v) is 8.03. The zero-order valence-corrected chi connectivity index (χ0v) is 14.2. The zero-order chi connectivity index (χ0) is 16.9. The van der Waals surface area contributed by atoms with Crippen molar-refractivity contribution in [3.63, 3.8) is 0 Å². The van der Waals surface area contributed by atoms with Crippen molar-refractivity contribution in [2.45, 2.75) is 45.3 Å². The van der Waals surface area contributed by atoms with Gasteiger partial charge in [-0.1, -0.05) is 17.3 Å². The molecule has 0 amide bonds. The lowest BCUT2D eigenvalue weighted by Crippen LogP contribution is -2.29. The highest BCUT2D eigenvalue weighted by Crippen LogP contribution is 2.23. The van der Waals surface area contributed by atoms with Crippen LogP contribution in [0.3, 0.4) is 0 Å². The van der Waals surface area contributed by atoms with Crippen LogP contribution in [0.5, 0.6) is 0 Å². The summed E-state index contributed by atoms with van der Waals surface area (Å²) in [6.07, 6.45) is 3.89. The number of benzene rings is 1. The topological polar surface area (TPSA) is 92.0 Å². The molecule has 6 nitrogen and oxygen atoms in total. The molecule has 126 valence electrons. The normalized spacial score (nSPS) is 13.2.